The molecule has 266 valence electrons. The molecule has 0 radical (unpaired) electrons. The number of hydrogen-bond donors (Lipinski definition) is 0. The van der Waals surface area contributed by atoms with Gasteiger partial charge in [-0.05, 0) is 68.7 Å². The van der Waals surface area contributed by atoms with E-state index < -0.39 is 0 Å². The molecule has 0 saturated heterocycles. The van der Waals surface area contributed by atoms with Gasteiger partial charge in [-0.2, -0.15) is 6.07 Å². The van der Waals surface area contributed by atoms with E-state index in [-0.39, 0.29) is 37.9 Å². The monoisotopic (exact) mass is 890 g/mol. The summed E-state index contributed by atoms with van der Waals surface area (Å²) in [6.07, 6.45) is 2.90. The summed E-state index contributed by atoms with van der Waals surface area (Å²) in [7, 11) is 0. The third-order valence-corrected chi connectivity index (χ3v) is 11.8. The normalized spacial score (nSPS) is 16.7. The van der Waals surface area contributed by atoms with Crippen LogP contribution in [-0.4, -0.2) is 20.6 Å². The van der Waals surface area contributed by atoms with E-state index in [1.165, 1.54) is 27.6 Å². The average molecular weight is 891 g/mol. The molecule has 0 saturated carbocycles. The number of thioether (sulfide) groups is 1. The molecule has 7 aromatic rings. The van der Waals surface area contributed by atoms with Crippen molar-refractivity contribution in [3.05, 3.63) is 155 Å². The first-order chi connectivity index (χ1) is 25.0. The zero-order valence-corrected chi connectivity index (χ0v) is 33.9. The third kappa shape index (κ3) is 6.57. The number of aliphatic imine (C=N–C) groups is 1. The Kier molecular flexibility index (Phi) is 9.03. The number of pyridine rings is 1. The van der Waals surface area contributed by atoms with E-state index in [0.717, 1.165) is 50.4 Å². The number of nitrogens with zero attached hydrogens (tertiary/aromatic N) is 3. The fraction of sp³-hybridized carbons (Fsp3) is 0.234. The van der Waals surface area contributed by atoms with Gasteiger partial charge in [-0.15, -0.1) is 40.9 Å². The Bertz CT molecular complexity index is 2540. The van der Waals surface area contributed by atoms with Crippen LogP contribution in [0.3, 0.4) is 0 Å². The van der Waals surface area contributed by atoms with Gasteiger partial charge in [0, 0.05) is 33.5 Å². The zero-order valence-electron chi connectivity index (χ0n) is 30.8. The van der Waals surface area contributed by atoms with Crippen LogP contribution in [0.25, 0.3) is 38.8 Å². The predicted molar refractivity (Wildman–Crippen MR) is 216 cm³/mol. The van der Waals surface area contributed by atoms with Gasteiger partial charge in [0.2, 0.25) is 0 Å². The molecular weight excluding hydrogens is 850 g/mol. The minimum atomic E-state index is -0.0188. The van der Waals surface area contributed by atoms with Crippen LogP contribution in [0, 0.1) is 12.1 Å². The number of fused-ring (bicyclic) bond motifs is 6. The van der Waals surface area contributed by atoms with E-state index in [9.17, 15) is 0 Å². The second-order valence-electron chi connectivity index (χ2n) is 16.1. The zero-order chi connectivity index (χ0) is 35.8. The molecule has 4 nitrogen and oxygen atoms in total. The van der Waals surface area contributed by atoms with E-state index in [0.29, 0.717) is 16.7 Å². The van der Waals surface area contributed by atoms with Crippen LogP contribution in [0.15, 0.2) is 120 Å². The van der Waals surface area contributed by atoms with E-state index in [4.69, 9.17) is 14.7 Å². The van der Waals surface area contributed by atoms with Crippen LogP contribution in [-0.2, 0) is 38.3 Å². The van der Waals surface area contributed by atoms with Crippen LogP contribution < -0.4 is 4.74 Å². The second kappa shape index (κ2) is 13.4. The molecular formula is C47H41N3OPtS. The maximum atomic E-state index is 6.73. The Morgan fingerprint density at radius 1 is 0.717 bits per heavy atom. The molecule has 0 unspecified atom stereocenters. The molecule has 3 heterocycles. The first kappa shape index (κ1) is 35.6. The summed E-state index contributed by atoms with van der Waals surface area (Å²) in [6.45, 7) is 13.5. The van der Waals surface area contributed by atoms with Crippen molar-refractivity contribution in [2.45, 2.75) is 70.1 Å². The molecule has 6 heteroatoms. The van der Waals surface area contributed by atoms with E-state index in [2.05, 4.69) is 155 Å². The molecule has 1 aliphatic heterocycles. The molecule has 0 N–H and O–H groups in total. The Balaban J connectivity index is 0.00000400. The SMILES string of the molecule is CC(C)(C)c1ccnc(-n2c3[c-]c(Oc4[c-]c(C5=N[C@@H]6Cc7ccccc7[C@@H]6S5)cc(-c5ccccc5)c4)ccc3c3cc(C(C)(C)C)ccc32)c1.[Pt+2]. The van der Waals surface area contributed by atoms with Crippen molar-refractivity contribution in [2.75, 3.05) is 0 Å². The average Bonchev–Trinajstić information content (AvgIpc) is 3.80. The van der Waals surface area contributed by atoms with Crippen LogP contribution in [0.5, 0.6) is 11.5 Å². The van der Waals surface area contributed by atoms with Crippen molar-refractivity contribution in [3.63, 3.8) is 0 Å². The van der Waals surface area contributed by atoms with Gasteiger partial charge in [-0.1, -0.05) is 131 Å². The van der Waals surface area contributed by atoms with Crippen molar-refractivity contribution >= 4 is 38.6 Å². The summed E-state index contributed by atoms with van der Waals surface area (Å²) in [6, 6.07) is 46.4. The maximum absolute atomic E-state index is 6.73. The summed E-state index contributed by atoms with van der Waals surface area (Å²) >= 11 is 1.85. The Labute approximate surface area is 331 Å². The van der Waals surface area contributed by atoms with Crippen molar-refractivity contribution in [2.24, 2.45) is 4.99 Å². The number of aromatic nitrogens is 2. The summed E-state index contributed by atoms with van der Waals surface area (Å²) in [4.78, 5) is 10.2. The van der Waals surface area contributed by atoms with E-state index in [1.807, 2.05) is 30.1 Å². The van der Waals surface area contributed by atoms with E-state index >= 15 is 0 Å². The van der Waals surface area contributed by atoms with Crippen molar-refractivity contribution in [1.82, 2.24) is 9.55 Å². The van der Waals surface area contributed by atoms with Crippen LogP contribution >= 0.6 is 11.8 Å². The fourth-order valence-corrected chi connectivity index (χ4v) is 8.90. The van der Waals surface area contributed by atoms with Gasteiger partial charge in [0.15, 0.2) is 0 Å². The molecule has 2 aromatic heterocycles. The minimum absolute atomic E-state index is 0. The van der Waals surface area contributed by atoms with Crippen molar-refractivity contribution < 1.29 is 25.8 Å². The van der Waals surface area contributed by atoms with Crippen molar-refractivity contribution in [1.29, 1.82) is 0 Å². The van der Waals surface area contributed by atoms with Crippen LogP contribution in [0.4, 0.5) is 0 Å². The molecule has 9 rings (SSSR count). The van der Waals surface area contributed by atoms with Gasteiger partial charge < -0.3 is 14.3 Å². The Hall–Kier alpha value is -4.44. The number of hydrogen-bond acceptors (Lipinski definition) is 4. The van der Waals surface area contributed by atoms with Crippen LogP contribution in [0.2, 0.25) is 0 Å². The number of benzene rings is 5. The molecule has 2 aliphatic rings. The van der Waals surface area contributed by atoms with E-state index in [1.54, 1.807) is 0 Å². The minimum Gasteiger partial charge on any atom is -0.503 e. The second-order valence-corrected chi connectivity index (χ2v) is 17.2. The molecule has 0 fully saturated rings. The summed E-state index contributed by atoms with van der Waals surface area (Å²) in [5.74, 6) is 2.13. The first-order valence-corrected chi connectivity index (χ1v) is 19.0. The molecule has 0 bridgehead atoms. The molecule has 0 amide bonds. The summed E-state index contributed by atoms with van der Waals surface area (Å²) < 4.78 is 8.96. The maximum Gasteiger partial charge on any atom is 2.00 e. The molecule has 5 aromatic carbocycles. The largest absolute Gasteiger partial charge is 2.00 e. The smallest absolute Gasteiger partial charge is 0.503 e. The van der Waals surface area contributed by atoms with Gasteiger partial charge in [0.1, 0.15) is 5.82 Å². The number of ether oxygens (including phenoxy) is 1. The molecule has 0 spiro atoms. The van der Waals surface area contributed by atoms with Crippen molar-refractivity contribution in [3.8, 4) is 28.4 Å². The number of rotatable bonds is 5. The summed E-state index contributed by atoms with van der Waals surface area (Å²) in [5, 5.41) is 3.65. The summed E-state index contributed by atoms with van der Waals surface area (Å²) in [5.41, 5.74) is 10.5. The molecule has 2 atom stereocenters. The first-order valence-electron chi connectivity index (χ1n) is 18.1. The Morgan fingerprint density at radius 2 is 1.47 bits per heavy atom. The Morgan fingerprint density at radius 3 is 2.26 bits per heavy atom. The van der Waals surface area contributed by atoms with Gasteiger partial charge in [0.05, 0.1) is 6.04 Å². The molecule has 1 aliphatic carbocycles. The molecule has 53 heavy (non-hydrogen) atoms. The van der Waals surface area contributed by atoms with Gasteiger partial charge in [0.25, 0.3) is 0 Å². The van der Waals surface area contributed by atoms with Crippen LogP contribution in [0.1, 0.15) is 74.6 Å². The third-order valence-electron chi connectivity index (χ3n) is 10.4. The van der Waals surface area contributed by atoms with Gasteiger partial charge >= 0.3 is 21.1 Å². The van der Waals surface area contributed by atoms with Gasteiger partial charge in [-0.3, -0.25) is 0 Å². The standard InChI is InChI=1S/C47H41N3OS.Pt/c1-46(2,3)33-16-19-41-39(26-33)38-18-17-35(28-42(38)50(41)43-27-34(20-21-48-43)47(4,5)6)51-36-23-31(29-12-8-7-9-13-29)22-32(24-36)45-49-40-25-30-14-10-11-15-37(30)44(40)52-45;/h7-23,26-27,40,44H,25H2,1-6H3;/q-2;+2/t40-,44+;/m1./s1. The predicted octanol–water partition coefficient (Wildman–Crippen LogP) is 12.0. The van der Waals surface area contributed by atoms with Gasteiger partial charge in [-0.25, -0.2) is 4.98 Å². The quantitative estimate of drug-likeness (QED) is 0.162. The fourth-order valence-electron chi connectivity index (χ4n) is 7.55. The topological polar surface area (TPSA) is 39.4 Å².